The van der Waals surface area contributed by atoms with Crippen LogP contribution < -0.4 is 10.6 Å². The van der Waals surface area contributed by atoms with Crippen molar-refractivity contribution >= 4 is 11.5 Å². The molecule has 0 amide bonds. The molecule has 1 unspecified atom stereocenters. The fraction of sp³-hybridized carbons (Fsp3) is 0.545. The summed E-state index contributed by atoms with van der Waals surface area (Å²) in [5.41, 5.74) is 5.75. The number of piperidine rings is 1. The van der Waals surface area contributed by atoms with Crippen molar-refractivity contribution in [2.45, 2.75) is 12.8 Å². The van der Waals surface area contributed by atoms with Gasteiger partial charge in [-0.25, -0.2) is 4.98 Å². The summed E-state index contributed by atoms with van der Waals surface area (Å²) in [5.74, 6) is 1.14. The molecular formula is C11H16N4O2. The zero-order chi connectivity index (χ0) is 12.3. The van der Waals surface area contributed by atoms with Gasteiger partial charge in [0.2, 0.25) is 0 Å². The summed E-state index contributed by atoms with van der Waals surface area (Å²) < 4.78 is 0. The summed E-state index contributed by atoms with van der Waals surface area (Å²) >= 11 is 0. The summed E-state index contributed by atoms with van der Waals surface area (Å²) in [6.45, 7) is 2.39. The zero-order valence-corrected chi connectivity index (χ0v) is 9.58. The van der Waals surface area contributed by atoms with Crippen molar-refractivity contribution in [1.82, 2.24) is 4.98 Å². The monoisotopic (exact) mass is 236 g/mol. The first-order valence-corrected chi connectivity index (χ1v) is 5.76. The molecule has 92 valence electrons. The van der Waals surface area contributed by atoms with E-state index in [1.165, 1.54) is 18.3 Å². The van der Waals surface area contributed by atoms with Crippen LogP contribution in [0.25, 0.3) is 0 Å². The van der Waals surface area contributed by atoms with E-state index >= 15 is 0 Å². The first-order chi connectivity index (χ1) is 8.20. The lowest BCUT2D eigenvalue weighted by atomic mass is 9.98. The van der Waals surface area contributed by atoms with Gasteiger partial charge in [-0.1, -0.05) is 0 Å². The third-order valence-electron chi connectivity index (χ3n) is 3.12. The minimum atomic E-state index is -0.393. The molecule has 2 heterocycles. The van der Waals surface area contributed by atoms with Crippen LogP contribution in [-0.4, -0.2) is 29.5 Å². The number of aromatic nitrogens is 1. The minimum absolute atomic E-state index is 0.0878. The third-order valence-corrected chi connectivity index (χ3v) is 3.12. The molecule has 1 aliphatic rings. The third kappa shape index (κ3) is 2.71. The summed E-state index contributed by atoms with van der Waals surface area (Å²) in [5, 5.41) is 10.7. The molecule has 0 aliphatic carbocycles. The van der Waals surface area contributed by atoms with E-state index in [1.807, 2.05) is 0 Å². The standard InChI is InChI=1S/C11H16N4O2/c12-7-9-2-1-5-14(8-9)11-6-10(15(16)17)3-4-13-11/h3-4,6,9H,1-2,5,7-8,12H2. The van der Waals surface area contributed by atoms with Gasteiger partial charge in [0.05, 0.1) is 11.0 Å². The highest BCUT2D eigenvalue weighted by molar-refractivity contribution is 5.46. The Hall–Kier alpha value is -1.69. The van der Waals surface area contributed by atoms with Gasteiger partial charge in [0, 0.05) is 25.4 Å². The first kappa shape index (κ1) is 11.8. The molecule has 2 rings (SSSR count). The molecule has 0 bridgehead atoms. The van der Waals surface area contributed by atoms with Gasteiger partial charge in [-0.15, -0.1) is 0 Å². The number of rotatable bonds is 3. The van der Waals surface area contributed by atoms with E-state index in [4.69, 9.17) is 5.73 Å². The predicted molar refractivity (Wildman–Crippen MR) is 64.9 cm³/mol. The first-order valence-electron chi connectivity index (χ1n) is 5.76. The largest absolute Gasteiger partial charge is 0.356 e. The second kappa shape index (κ2) is 5.09. The van der Waals surface area contributed by atoms with Crippen LogP contribution in [-0.2, 0) is 0 Å². The van der Waals surface area contributed by atoms with Crippen LogP contribution in [0.2, 0.25) is 0 Å². The Morgan fingerprint density at radius 3 is 3.18 bits per heavy atom. The molecule has 1 saturated heterocycles. The lowest BCUT2D eigenvalue weighted by Gasteiger charge is -2.32. The van der Waals surface area contributed by atoms with E-state index in [0.29, 0.717) is 18.3 Å². The number of nitrogens with two attached hydrogens (primary N) is 1. The molecule has 6 heteroatoms. The molecule has 17 heavy (non-hydrogen) atoms. The number of anilines is 1. The number of nitro groups is 1. The molecule has 0 spiro atoms. The Morgan fingerprint density at radius 2 is 2.47 bits per heavy atom. The molecule has 1 aliphatic heterocycles. The second-order valence-corrected chi connectivity index (χ2v) is 4.32. The number of pyridine rings is 1. The molecule has 1 aromatic rings. The van der Waals surface area contributed by atoms with Gasteiger partial charge in [0.15, 0.2) is 0 Å². The van der Waals surface area contributed by atoms with E-state index in [0.717, 1.165) is 25.9 Å². The zero-order valence-electron chi connectivity index (χ0n) is 9.58. The highest BCUT2D eigenvalue weighted by Crippen LogP contribution is 2.23. The van der Waals surface area contributed by atoms with E-state index in [-0.39, 0.29) is 5.69 Å². The predicted octanol–water partition coefficient (Wildman–Crippen LogP) is 1.16. The molecule has 1 atom stereocenters. The van der Waals surface area contributed by atoms with E-state index in [9.17, 15) is 10.1 Å². The Labute approximate surface area is 99.6 Å². The van der Waals surface area contributed by atoms with E-state index in [2.05, 4.69) is 9.88 Å². The smallest absolute Gasteiger partial charge is 0.274 e. The SMILES string of the molecule is NCC1CCCN(c2cc([N+](=O)[O-])ccn2)C1. The molecule has 0 radical (unpaired) electrons. The summed E-state index contributed by atoms with van der Waals surface area (Å²) in [6, 6.07) is 2.94. The Balaban J connectivity index is 2.16. The molecule has 1 fully saturated rings. The van der Waals surface area contributed by atoms with Gasteiger partial charge in [-0.2, -0.15) is 0 Å². The van der Waals surface area contributed by atoms with Crippen LogP contribution in [0.3, 0.4) is 0 Å². The quantitative estimate of drug-likeness (QED) is 0.628. The summed E-state index contributed by atoms with van der Waals surface area (Å²) in [6.07, 6.45) is 3.67. The number of hydrogen-bond acceptors (Lipinski definition) is 5. The topological polar surface area (TPSA) is 85.3 Å². The number of hydrogen-bond donors (Lipinski definition) is 1. The maximum atomic E-state index is 10.7. The van der Waals surface area contributed by atoms with Gasteiger partial charge < -0.3 is 10.6 Å². The average Bonchev–Trinajstić information content (AvgIpc) is 2.39. The Bertz CT molecular complexity index is 410. The molecule has 1 aromatic heterocycles. The fourth-order valence-corrected chi connectivity index (χ4v) is 2.16. The van der Waals surface area contributed by atoms with Gasteiger partial charge in [0.1, 0.15) is 5.82 Å². The van der Waals surface area contributed by atoms with Crippen molar-refractivity contribution in [1.29, 1.82) is 0 Å². The highest BCUT2D eigenvalue weighted by atomic mass is 16.6. The van der Waals surface area contributed by atoms with Crippen LogP contribution in [0.4, 0.5) is 11.5 Å². The molecule has 0 saturated carbocycles. The van der Waals surface area contributed by atoms with Crippen molar-refractivity contribution in [2.75, 3.05) is 24.5 Å². The van der Waals surface area contributed by atoms with E-state index in [1.54, 1.807) is 0 Å². The lowest BCUT2D eigenvalue weighted by molar-refractivity contribution is -0.384. The van der Waals surface area contributed by atoms with Crippen LogP contribution in [0, 0.1) is 16.0 Å². The normalized spacial score (nSPS) is 20.3. The Morgan fingerprint density at radius 1 is 1.65 bits per heavy atom. The van der Waals surface area contributed by atoms with Crippen LogP contribution in [0.15, 0.2) is 18.3 Å². The molecular weight excluding hydrogens is 220 g/mol. The maximum absolute atomic E-state index is 10.7. The maximum Gasteiger partial charge on any atom is 0.274 e. The van der Waals surface area contributed by atoms with Crippen molar-refractivity contribution in [3.05, 3.63) is 28.4 Å². The molecule has 0 aromatic carbocycles. The summed E-state index contributed by atoms with van der Waals surface area (Å²) in [4.78, 5) is 16.6. The van der Waals surface area contributed by atoms with Gasteiger partial charge in [-0.05, 0) is 25.3 Å². The van der Waals surface area contributed by atoms with Crippen molar-refractivity contribution < 1.29 is 4.92 Å². The Kier molecular flexibility index (Phi) is 3.53. The van der Waals surface area contributed by atoms with Crippen LogP contribution >= 0.6 is 0 Å². The summed E-state index contributed by atoms with van der Waals surface area (Å²) in [7, 11) is 0. The van der Waals surface area contributed by atoms with Crippen molar-refractivity contribution in [3.63, 3.8) is 0 Å². The molecule has 6 nitrogen and oxygen atoms in total. The average molecular weight is 236 g/mol. The minimum Gasteiger partial charge on any atom is -0.356 e. The molecule has 2 N–H and O–H groups in total. The van der Waals surface area contributed by atoms with Crippen LogP contribution in [0.5, 0.6) is 0 Å². The van der Waals surface area contributed by atoms with E-state index < -0.39 is 4.92 Å². The lowest BCUT2D eigenvalue weighted by Crippen LogP contribution is -2.38. The highest BCUT2D eigenvalue weighted by Gasteiger charge is 2.21. The van der Waals surface area contributed by atoms with Gasteiger partial charge in [-0.3, -0.25) is 10.1 Å². The number of nitrogens with zero attached hydrogens (tertiary/aromatic N) is 3. The fourth-order valence-electron chi connectivity index (χ4n) is 2.16. The van der Waals surface area contributed by atoms with Gasteiger partial charge >= 0.3 is 0 Å². The van der Waals surface area contributed by atoms with Gasteiger partial charge in [0.25, 0.3) is 5.69 Å². The van der Waals surface area contributed by atoms with Crippen molar-refractivity contribution in [2.24, 2.45) is 11.7 Å². The second-order valence-electron chi connectivity index (χ2n) is 4.32. The van der Waals surface area contributed by atoms with Crippen molar-refractivity contribution in [3.8, 4) is 0 Å². The van der Waals surface area contributed by atoms with Crippen LogP contribution in [0.1, 0.15) is 12.8 Å².